The molecule has 0 aromatic rings. The molecule has 5 heteroatoms. The number of rotatable bonds is 14. The highest BCUT2D eigenvalue weighted by atomic mass is 16.5. The van der Waals surface area contributed by atoms with Gasteiger partial charge in [-0.2, -0.15) is 0 Å². The van der Waals surface area contributed by atoms with Crippen LogP contribution in [-0.4, -0.2) is 62.4 Å². The molecule has 0 fully saturated rings. The van der Waals surface area contributed by atoms with E-state index in [0.717, 1.165) is 13.0 Å². The number of hydrogen-bond acceptors (Lipinski definition) is 5. The molecular weight excluding hydrogens is 234 g/mol. The molecule has 1 atom stereocenters. The van der Waals surface area contributed by atoms with Crippen molar-refractivity contribution in [2.75, 3.05) is 46.1 Å². The van der Waals surface area contributed by atoms with Crippen LogP contribution in [0.25, 0.3) is 0 Å². The standard InChI is InChI=1S/C13H29NO4/c1-2-3-4-5-8-18-12-13(16)11-14-6-9-17-10-7-15/h13-16H,2-12H2,1H3/t13-/m0/s1. The van der Waals surface area contributed by atoms with E-state index in [1.54, 1.807) is 0 Å². The number of aliphatic hydroxyl groups is 2. The SMILES string of the molecule is CCCCCCOC[C@@H](O)CNCCOCCO. The van der Waals surface area contributed by atoms with Gasteiger partial charge >= 0.3 is 0 Å². The molecule has 0 aromatic carbocycles. The molecule has 0 aliphatic heterocycles. The second-order valence-corrected chi connectivity index (χ2v) is 4.33. The van der Waals surface area contributed by atoms with Gasteiger partial charge in [-0.15, -0.1) is 0 Å². The first-order valence-electron chi connectivity index (χ1n) is 6.96. The van der Waals surface area contributed by atoms with Crippen LogP contribution in [-0.2, 0) is 9.47 Å². The fourth-order valence-corrected chi connectivity index (χ4v) is 1.49. The van der Waals surface area contributed by atoms with E-state index in [-0.39, 0.29) is 6.61 Å². The first-order chi connectivity index (χ1) is 8.81. The van der Waals surface area contributed by atoms with Crippen LogP contribution in [0, 0.1) is 0 Å². The molecule has 0 bridgehead atoms. The Morgan fingerprint density at radius 3 is 2.61 bits per heavy atom. The summed E-state index contributed by atoms with van der Waals surface area (Å²) in [6.45, 7) is 5.45. The lowest BCUT2D eigenvalue weighted by Gasteiger charge is -2.12. The minimum Gasteiger partial charge on any atom is -0.394 e. The van der Waals surface area contributed by atoms with Crippen LogP contribution >= 0.6 is 0 Å². The van der Waals surface area contributed by atoms with E-state index in [1.807, 2.05) is 0 Å². The molecule has 0 aromatic heterocycles. The Balaban J connectivity index is 3.10. The van der Waals surface area contributed by atoms with Gasteiger partial charge in [0.05, 0.1) is 32.5 Å². The molecule has 110 valence electrons. The van der Waals surface area contributed by atoms with E-state index in [9.17, 15) is 5.11 Å². The van der Waals surface area contributed by atoms with E-state index < -0.39 is 6.10 Å². The predicted octanol–water partition coefficient (Wildman–Crippen LogP) is 0.543. The van der Waals surface area contributed by atoms with Crippen molar-refractivity contribution in [3.8, 4) is 0 Å². The Kier molecular flexibility index (Phi) is 14.7. The Morgan fingerprint density at radius 2 is 1.89 bits per heavy atom. The Morgan fingerprint density at radius 1 is 1.06 bits per heavy atom. The summed E-state index contributed by atoms with van der Waals surface area (Å²) in [5, 5.41) is 21.1. The maximum atomic E-state index is 9.59. The van der Waals surface area contributed by atoms with Crippen LogP contribution in [0.4, 0.5) is 0 Å². The molecule has 0 saturated heterocycles. The summed E-state index contributed by atoms with van der Waals surface area (Å²) >= 11 is 0. The Bertz CT molecular complexity index is 142. The molecule has 0 unspecified atom stereocenters. The minimum atomic E-state index is -0.464. The van der Waals surface area contributed by atoms with Crippen LogP contribution in [0.2, 0.25) is 0 Å². The number of hydrogen-bond donors (Lipinski definition) is 3. The van der Waals surface area contributed by atoms with Gasteiger partial charge in [0.2, 0.25) is 0 Å². The van der Waals surface area contributed by atoms with Gasteiger partial charge < -0.3 is 25.0 Å². The first kappa shape index (κ1) is 17.8. The van der Waals surface area contributed by atoms with Crippen LogP contribution < -0.4 is 5.32 Å². The van der Waals surface area contributed by atoms with Gasteiger partial charge in [0, 0.05) is 19.7 Å². The molecule has 0 radical (unpaired) electrons. The summed E-state index contributed by atoms with van der Waals surface area (Å²) in [4.78, 5) is 0. The Hall–Kier alpha value is -0.200. The summed E-state index contributed by atoms with van der Waals surface area (Å²) in [6, 6.07) is 0. The molecule has 0 spiro atoms. The third-order valence-corrected chi connectivity index (χ3v) is 2.49. The fourth-order valence-electron chi connectivity index (χ4n) is 1.49. The van der Waals surface area contributed by atoms with Gasteiger partial charge in [0.1, 0.15) is 0 Å². The predicted molar refractivity (Wildman–Crippen MR) is 71.7 cm³/mol. The van der Waals surface area contributed by atoms with Crippen LogP contribution in [0.3, 0.4) is 0 Å². The highest BCUT2D eigenvalue weighted by Gasteiger charge is 2.03. The number of unbranched alkanes of at least 4 members (excludes halogenated alkanes) is 3. The molecule has 0 saturated carbocycles. The fraction of sp³-hybridized carbons (Fsp3) is 1.00. The lowest BCUT2D eigenvalue weighted by molar-refractivity contribution is 0.0336. The monoisotopic (exact) mass is 263 g/mol. The molecule has 0 rings (SSSR count). The van der Waals surface area contributed by atoms with Crippen molar-refractivity contribution in [1.82, 2.24) is 5.32 Å². The maximum absolute atomic E-state index is 9.59. The topological polar surface area (TPSA) is 71.0 Å². The van der Waals surface area contributed by atoms with E-state index in [4.69, 9.17) is 14.6 Å². The van der Waals surface area contributed by atoms with Crippen molar-refractivity contribution in [2.24, 2.45) is 0 Å². The third kappa shape index (κ3) is 13.9. The summed E-state index contributed by atoms with van der Waals surface area (Å²) < 4.78 is 10.5. The lowest BCUT2D eigenvalue weighted by Crippen LogP contribution is -2.32. The third-order valence-electron chi connectivity index (χ3n) is 2.49. The van der Waals surface area contributed by atoms with Crippen molar-refractivity contribution in [3.63, 3.8) is 0 Å². The van der Waals surface area contributed by atoms with Crippen molar-refractivity contribution < 1.29 is 19.7 Å². The minimum absolute atomic E-state index is 0.0501. The summed E-state index contributed by atoms with van der Waals surface area (Å²) in [5.41, 5.74) is 0. The van der Waals surface area contributed by atoms with Gasteiger partial charge in [0.25, 0.3) is 0 Å². The molecule has 18 heavy (non-hydrogen) atoms. The van der Waals surface area contributed by atoms with Crippen LogP contribution in [0.5, 0.6) is 0 Å². The number of ether oxygens (including phenoxy) is 2. The summed E-state index contributed by atoms with van der Waals surface area (Å²) in [5.74, 6) is 0. The summed E-state index contributed by atoms with van der Waals surface area (Å²) in [7, 11) is 0. The number of nitrogens with one attached hydrogen (secondary N) is 1. The van der Waals surface area contributed by atoms with Gasteiger partial charge in [-0.05, 0) is 6.42 Å². The van der Waals surface area contributed by atoms with E-state index in [2.05, 4.69) is 12.2 Å². The molecule has 3 N–H and O–H groups in total. The second kappa shape index (κ2) is 14.9. The van der Waals surface area contributed by atoms with Crippen molar-refractivity contribution >= 4 is 0 Å². The molecule has 0 heterocycles. The number of aliphatic hydroxyl groups excluding tert-OH is 2. The molecule has 5 nitrogen and oxygen atoms in total. The molecule has 0 amide bonds. The van der Waals surface area contributed by atoms with Gasteiger partial charge in [-0.1, -0.05) is 26.2 Å². The molecule has 0 aliphatic rings. The highest BCUT2D eigenvalue weighted by molar-refractivity contribution is 4.58. The smallest absolute Gasteiger partial charge is 0.0897 e. The van der Waals surface area contributed by atoms with Crippen molar-refractivity contribution in [3.05, 3.63) is 0 Å². The maximum Gasteiger partial charge on any atom is 0.0897 e. The van der Waals surface area contributed by atoms with E-state index >= 15 is 0 Å². The lowest BCUT2D eigenvalue weighted by atomic mass is 10.2. The van der Waals surface area contributed by atoms with E-state index in [1.165, 1.54) is 19.3 Å². The highest BCUT2D eigenvalue weighted by Crippen LogP contribution is 1.99. The largest absolute Gasteiger partial charge is 0.394 e. The van der Waals surface area contributed by atoms with E-state index in [0.29, 0.717) is 32.9 Å². The molecular formula is C13H29NO4. The van der Waals surface area contributed by atoms with Gasteiger partial charge in [-0.25, -0.2) is 0 Å². The van der Waals surface area contributed by atoms with Crippen molar-refractivity contribution in [2.45, 2.75) is 38.7 Å². The average molecular weight is 263 g/mol. The zero-order valence-corrected chi connectivity index (χ0v) is 11.6. The quantitative estimate of drug-likeness (QED) is 0.399. The Labute approximate surface area is 110 Å². The zero-order valence-electron chi connectivity index (χ0n) is 11.6. The average Bonchev–Trinajstić information content (AvgIpc) is 2.38. The normalized spacial score (nSPS) is 12.8. The van der Waals surface area contributed by atoms with Crippen LogP contribution in [0.1, 0.15) is 32.6 Å². The zero-order chi connectivity index (χ0) is 13.5. The first-order valence-corrected chi connectivity index (χ1v) is 6.96. The van der Waals surface area contributed by atoms with Gasteiger partial charge in [-0.3, -0.25) is 0 Å². The van der Waals surface area contributed by atoms with Crippen molar-refractivity contribution in [1.29, 1.82) is 0 Å². The van der Waals surface area contributed by atoms with Crippen LogP contribution in [0.15, 0.2) is 0 Å². The molecule has 0 aliphatic carbocycles. The van der Waals surface area contributed by atoms with Gasteiger partial charge in [0.15, 0.2) is 0 Å². The summed E-state index contributed by atoms with van der Waals surface area (Å²) in [6.07, 6.45) is 4.29. The second-order valence-electron chi connectivity index (χ2n) is 4.33.